The highest BCUT2D eigenvalue weighted by Crippen LogP contribution is 2.29. The fraction of sp³-hybridized carbons (Fsp3) is 0.611. The molecule has 280 valence electrons. The Hall–Kier alpha value is -3.25. The number of ether oxygens (including phenoxy) is 4. The molecule has 0 aromatic heterocycles. The second-order valence-corrected chi connectivity index (χ2v) is 14.7. The molecule has 0 fully saturated rings. The predicted molar refractivity (Wildman–Crippen MR) is 200 cm³/mol. The van der Waals surface area contributed by atoms with Crippen molar-refractivity contribution in [3.05, 3.63) is 79.1 Å². The minimum Gasteiger partial charge on any atom is -0.444 e. The monoisotopic (exact) mass is 738 g/mol. The first-order valence-electron chi connectivity index (χ1n) is 16.6. The average molecular weight is 740 g/mol. The molecular formula is C36H56Cl2N6O6. The largest absolute Gasteiger partial charge is 0.444 e. The van der Waals surface area contributed by atoms with Gasteiger partial charge in [-0.15, -0.1) is 0 Å². The lowest BCUT2D eigenvalue weighted by Crippen LogP contribution is -2.35. The van der Waals surface area contributed by atoms with Crippen LogP contribution in [-0.2, 0) is 18.9 Å². The molecule has 14 heteroatoms. The normalized spacial score (nSPS) is 12.5. The van der Waals surface area contributed by atoms with Crippen LogP contribution in [0.5, 0.6) is 0 Å². The third kappa shape index (κ3) is 18.1. The molecule has 0 aliphatic carbocycles. The molecule has 2 atom stereocenters. The molecule has 2 aromatic rings. The third-order valence-electron chi connectivity index (χ3n) is 7.05. The molecular weight excluding hydrogens is 683 g/mol. The molecule has 2 aromatic carbocycles. The summed E-state index contributed by atoms with van der Waals surface area (Å²) in [6.07, 6.45) is 0.0325. The fourth-order valence-corrected chi connectivity index (χ4v) is 4.91. The number of nitrogens with zero attached hydrogens (tertiary/aromatic N) is 5. The Labute approximate surface area is 308 Å². The summed E-state index contributed by atoms with van der Waals surface area (Å²) in [5.41, 5.74) is 17.0. The summed E-state index contributed by atoms with van der Waals surface area (Å²) >= 11 is 12.2. The van der Waals surface area contributed by atoms with E-state index in [1.54, 1.807) is 19.0 Å². The van der Waals surface area contributed by atoms with Crippen LogP contribution in [0.3, 0.4) is 0 Å². The van der Waals surface area contributed by atoms with Crippen molar-refractivity contribution in [2.45, 2.75) is 91.6 Å². The number of aryl methyl sites for hydroxylation is 2. The van der Waals surface area contributed by atoms with Gasteiger partial charge in [-0.2, -0.15) is 0 Å². The van der Waals surface area contributed by atoms with Crippen LogP contribution in [-0.4, -0.2) is 86.7 Å². The summed E-state index contributed by atoms with van der Waals surface area (Å²) in [7, 11) is 3.41. The van der Waals surface area contributed by atoms with E-state index in [2.05, 4.69) is 10.0 Å². The number of amides is 2. The van der Waals surface area contributed by atoms with E-state index in [1.165, 1.54) is 4.90 Å². The molecule has 2 rings (SSSR count). The number of hydrogen-bond acceptors (Lipinski definition) is 8. The quantitative estimate of drug-likeness (QED) is 0.0827. The maximum atomic E-state index is 12.1. The SMILES string of the molecule is Cc1ccc(Cl)cc1C(CCN(C)C(=O)OC(C)(C)C)OCCN.Cc1ccc(Cl)cc1C(CCN(C)C(=O)OC(C)(C)C)OCCN=[N+]=[N-]. The van der Waals surface area contributed by atoms with E-state index in [9.17, 15) is 9.59 Å². The fourth-order valence-electron chi connectivity index (χ4n) is 4.55. The first kappa shape index (κ1) is 44.8. The Balaban J connectivity index is 0.000000502. The molecule has 0 saturated heterocycles. The summed E-state index contributed by atoms with van der Waals surface area (Å²) in [5, 5.41) is 4.77. The summed E-state index contributed by atoms with van der Waals surface area (Å²) < 4.78 is 22.5. The van der Waals surface area contributed by atoms with Gasteiger partial charge in [0.2, 0.25) is 0 Å². The zero-order valence-electron chi connectivity index (χ0n) is 31.3. The number of hydrogen-bond donors (Lipinski definition) is 1. The van der Waals surface area contributed by atoms with E-state index < -0.39 is 11.2 Å². The van der Waals surface area contributed by atoms with Crippen molar-refractivity contribution in [3.63, 3.8) is 0 Å². The highest BCUT2D eigenvalue weighted by molar-refractivity contribution is 6.30. The lowest BCUT2D eigenvalue weighted by molar-refractivity contribution is 0.0187. The zero-order valence-corrected chi connectivity index (χ0v) is 32.8. The minimum absolute atomic E-state index is 0.169. The van der Waals surface area contributed by atoms with Gasteiger partial charge in [0.1, 0.15) is 11.2 Å². The number of carbonyl (C=O) groups is 2. The second-order valence-electron chi connectivity index (χ2n) is 13.8. The van der Waals surface area contributed by atoms with Crippen molar-refractivity contribution >= 4 is 35.4 Å². The van der Waals surface area contributed by atoms with Gasteiger partial charge in [-0.25, -0.2) is 9.59 Å². The van der Waals surface area contributed by atoms with Crippen molar-refractivity contribution in [2.75, 3.05) is 53.5 Å². The first-order valence-corrected chi connectivity index (χ1v) is 17.4. The summed E-state index contributed by atoms with van der Waals surface area (Å²) in [6, 6.07) is 11.3. The average Bonchev–Trinajstić information content (AvgIpc) is 3.01. The van der Waals surface area contributed by atoms with Crippen LogP contribution in [0.4, 0.5) is 9.59 Å². The number of benzene rings is 2. The maximum absolute atomic E-state index is 12.1. The van der Waals surface area contributed by atoms with Crippen LogP contribution in [0.15, 0.2) is 41.5 Å². The number of azide groups is 1. The predicted octanol–water partition coefficient (Wildman–Crippen LogP) is 9.20. The molecule has 2 unspecified atom stereocenters. The topological polar surface area (TPSA) is 152 Å². The molecule has 0 bridgehead atoms. The second kappa shape index (κ2) is 21.9. The highest BCUT2D eigenvalue weighted by atomic mass is 35.5. The van der Waals surface area contributed by atoms with Crippen LogP contribution in [0, 0.1) is 13.8 Å². The smallest absolute Gasteiger partial charge is 0.410 e. The van der Waals surface area contributed by atoms with Crippen molar-refractivity contribution in [3.8, 4) is 0 Å². The molecule has 0 spiro atoms. The van der Waals surface area contributed by atoms with Gasteiger partial charge in [0.05, 0.1) is 25.4 Å². The van der Waals surface area contributed by atoms with Crippen molar-refractivity contribution in [1.29, 1.82) is 0 Å². The number of halogens is 2. The Kier molecular flexibility index (Phi) is 19.6. The van der Waals surface area contributed by atoms with Gasteiger partial charge in [0.25, 0.3) is 0 Å². The number of nitrogens with two attached hydrogens (primary N) is 1. The van der Waals surface area contributed by atoms with E-state index in [-0.39, 0.29) is 37.5 Å². The Morgan fingerprint density at radius 3 is 1.56 bits per heavy atom. The first-order chi connectivity index (χ1) is 23.3. The lowest BCUT2D eigenvalue weighted by atomic mass is 10.0. The van der Waals surface area contributed by atoms with Crippen molar-refractivity contribution < 1.29 is 28.5 Å². The van der Waals surface area contributed by atoms with Gasteiger partial charge in [0.15, 0.2) is 0 Å². The van der Waals surface area contributed by atoms with E-state index in [4.69, 9.17) is 53.4 Å². The van der Waals surface area contributed by atoms with Gasteiger partial charge < -0.3 is 34.5 Å². The standard InChI is InChI=1S/C18H27ClN4O3.C18H29ClN2O3/c1-13-6-7-14(19)12-15(13)16(25-11-9-21-22-20)8-10-23(5)17(24)26-18(2,3)4;1-13-6-7-14(19)12-15(13)16(23-11-9-20)8-10-21(5)17(22)24-18(2,3)4/h6-7,12,16H,8-11H2,1-5H3;6-7,12,16H,8-11,20H2,1-5H3. The van der Waals surface area contributed by atoms with E-state index in [1.807, 2.05) is 91.8 Å². The summed E-state index contributed by atoms with van der Waals surface area (Å²) in [5.74, 6) is 0. The zero-order chi connectivity index (χ0) is 38.1. The molecule has 0 saturated carbocycles. The molecule has 12 nitrogen and oxygen atoms in total. The minimum atomic E-state index is -0.542. The van der Waals surface area contributed by atoms with Gasteiger partial charge in [-0.1, -0.05) is 40.4 Å². The van der Waals surface area contributed by atoms with Crippen molar-refractivity contribution in [1.82, 2.24) is 9.80 Å². The van der Waals surface area contributed by atoms with Crippen molar-refractivity contribution in [2.24, 2.45) is 10.8 Å². The van der Waals surface area contributed by atoms with Gasteiger partial charge in [-0.3, -0.25) is 0 Å². The third-order valence-corrected chi connectivity index (χ3v) is 7.52. The van der Waals surface area contributed by atoms with Crippen LogP contribution in [0.2, 0.25) is 10.0 Å². The van der Waals surface area contributed by atoms with Gasteiger partial charge in [0, 0.05) is 55.2 Å². The Morgan fingerprint density at radius 1 is 0.800 bits per heavy atom. The lowest BCUT2D eigenvalue weighted by Gasteiger charge is -2.26. The van der Waals surface area contributed by atoms with Crippen LogP contribution >= 0.6 is 23.2 Å². The van der Waals surface area contributed by atoms with Gasteiger partial charge >= 0.3 is 12.2 Å². The maximum Gasteiger partial charge on any atom is 0.410 e. The van der Waals surface area contributed by atoms with E-state index >= 15 is 0 Å². The summed E-state index contributed by atoms with van der Waals surface area (Å²) in [4.78, 5) is 30.0. The van der Waals surface area contributed by atoms with E-state index in [0.717, 1.165) is 22.3 Å². The highest BCUT2D eigenvalue weighted by Gasteiger charge is 2.23. The van der Waals surface area contributed by atoms with Gasteiger partial charge in [-0.05, 0) is 120 Å². The van der Waals surface area contributed by atoms with Crippen LogP contribution in [0.1, 0.15) is 88.8 Å². The number of carbonyl (C=O) groups excluding carboxylic acids is 2. The Morgan fingerprint density at radius 2 is 1.20 bits per heavy atom. The van der Waals surface area contributed by atoms with E-state index in [0.29, 0.717) is 49.1 Å². The number of rotatable bonds is 15. The molecule has 2 amide bonds. The molecule has 2 N–H and O–H groups in total. The molecule has 0 aliphatic rings. The molecule has 0 radical (unpaired) electrons. The molecule has 0 heterocycles. The molecule has 0 aliphatic heterocycles. The van der Waals surface area contributed by atoms with Crippen LogP contribution in [0.25, 0.3) is 10.4 Å². The summed E-state index contributed by atoms with van der Waals surface area (Å²) in [6.45, 7) is 17.4. The van der Waals surface area contributed by atoms with Crippen LogP contribution < -0.4 is 5.73 Å². The Bertz CT molecular complexity index is 1410. The molecule has 50 heavy (non-hydrogen) atoms.